The number of thiocarbonyl (C=S) groups is 1. The lowest BCUT2D eigenvalue weighted by Crippen LogP contribution is -2.38. The average Bonchev–Trinajstić information content (AvgIpc) is 2.95. The Morgan fingerprint density at radius 2 is 2.11 bits per heavy atom. The van der Waals surface area contributed by atoms with Crippen molar-refractivity contribution in [3.05, 3.63) is 62.1 Å². The van der Waals surface area contributed by atoms with Gasteiger partial charge in [0.1, 0.15) is 10.1 Å². The second kappa shape index (κ2) is 7.61. The number of carbonyl (C=O) groups is 2. The summed E-state index contributed by atoms with van der Waals surface area (Å²) in [6.45, 7) is 0.481. The Morgan fingerprint density at radius 3 is 2.85 bits per heavy atom. The largest absolute Gasteiger partial charge is 0.482 e. The van der Waals surface area contributed by atoms with Crippen LogP contribution in [0.1, 0.15) is 11.1 Å². The number of nitrogens with one attached hydrogen (secondary N) is 1. The van der Waals surface area contributed by atoms with E-state index in [1.165, 1.54) is 11.8 Å². The summed E-state index contributed by atoms with van der Waals surface area (Å²) in [7, 11) is 0. The fraction of sp³-hybridized carbons (Fsp3) is 0.105. The van der Waals surface area contributed by atoms with Crippen molar-refractivity contribution in [1.29, 1.82) is 0 Å². The Morgan fingerprint density at radius 1 is 1.26 bits per heavy atom. The van der Waals surface area contributed by atoms with Crippen LogP contribution < -0.4 is 15.0 Å². The minimum Gasteiger partial charge on any atom is -0.482 e. The summed E-state index contributed by atoms with van der Waals surface area (Å²) in [6, 6.07) is 13.6. The van der Waals surface area contributed by atoms with Crippen LogP contribution in [0.3, 0.4) is 0 Å². The number of halogens is 1. The molecule has 5 nitrogen and oxygen atoms in total. The first-order valence-corrected chi connectivity index (χ1v) is 10.4. The fourth-order valence-electron chi connectivity index (χ4n) is 2.87. The van der Waals surface area contributed by atoms with E-state index in [-0.39, 0.29) is 18.4 Å². The van der Waals surface area contributed by atoms with E-state index >= 15 is 0 Å². The van der Waals surface area contributed by atoms with Gasteiger partial charge in [-0.2, -0.15) is 0 Å². The Hall–Kier alpha value is -1.91. The van der Waals surface area contributed by atoms with Crippen molar-refractivity contribution < 1.29 is 14.3 Å². The molecule has 2 amide bonds. The molecule has 0 radical (unpaired) electrons. The van der Waals surface area contributed by atoms with E-state index in [0.29, 0.717) is 27.2 Å². The summed E-state index contributed by atoms with van der Waals surface area (Å²) >= 11 is 8.51. The van der Waals surface area contributed by atoms with Gasteiger partial charge in [0, 0.05) is 3.57 Å². The van der Waals surface area contributed by atoms with Crippen molar-refractivity contribution in [2.45, 2.75) is 6.54 Å². The molecule has 0 saturated carbocycles. The van der Waals surface area contributed by atoms with Crippen LogP contribution in [0.25, 0.3) is 6.08 Å². The molecule has 1 N–H and O–H groups in total. The highest BCUT2D eigenvalue weighted by Crippen LogP contribution is 2.35. The van der Waals surface area contributed by atoms with Crippen LogP contribution in [0.4, 0.5) is 5.69 Å². The molecule has 0 atom stereocenters. The van der Waals surface area contributed by atoms with Gasteiger partial charge in [0.2, 0.25) is 0 Å². The van der Waals surface area contributed by atoms with Crippen molar-refractivity contribution in [2.24, 2.45) is 0 Å². The second-order valence-electron chi connectivity index (χ2n) is 5.98. The highest BCUT2D eigenvalue weighted by molar-refractivity contribution is 14.1. The number of thioether (sulfide) groups is 1. The summed E-state index contributed by atoms with van der Waals surface area (Å²) < 4.78 is 7.13. The average molecular weight is 508 g/mol. The van der Waals surface area contributed by atoms with Crippen molar-refractivity contribution in [1.82, 2.24) is 5.32 Å². The molecule has 2 aromatic rings. The molecule has 27 heavy (non-hydrogen) atoms. The zero-order chi connectivity index (χ0) is 19.0. The van der Waals surface area contributed by atoms with Crippen LogP contribution in [-0.4, -0.2) is 22.7 Å². The maximum Gasteiger partial charge on any atom is 0.265 e. The number of hydrogen-bond donors (Lipinski definition) is 1. The number of amides is 2. The third-order valence-corrected chi connectivity index (χ3v) is 5.93. The number of nitrogens with zero attached hydrogens (tertiary/aromatic N) is 1. The molecule has 0 bridgehead atoms. The molecule has 1 fully saturated rings. The minimum atomic E-state index is -0.203. The quantitative estimate of drug-likeness (QED) is 0.390. The van der Waals surface area contributed by atoms with Gasteiger partial charge in [0.05, 0.1) is 17.1 Å². The highest BCUT2D eigenvalue weighted by Gasteiger charge is 2.27. The normalized spacial score (nSPS) is 17.7. The van der Waals surface area contributed by atoms with Crippen LogP contribution >= 0.6 is 46.6 Å². The van der Waals surface area contributed by atoms with Gasteiger partial charge in [0.25, 0.3) is 11.8 Å². The molecule has 0 aromatic heterocycles. The van der Waals surface area contributed by atoms with Crippen molar-refractivity contribution in [2.75, 3.05) is 11.5 Å². The van der Waals surface area contributed by atoms with E-state index in [0.717, 1.165) is 14.7 Å². The molecule has 2 heterocycles. The van der Waals surface area contributed by atoms with Gasteiger partial charge in [-0.05, 0) is 64.1 Å². The molecular formula is C19H13IN2O3S2. The molecule has 136 valence electrons. The van der Waals surface area contributed by atoms with E-state index < -0.39 is 0 Å². The van der Waals surface area contributed by atoms with Gasteiger partial charge in [-0.1, -0.05) is 42.2 Å². The molecular weight excluding hydrogens is 495 g/mol. The van der Waals surface area contributed by atoms with E-state index in [4.69, 9.17) is 17.0 Å². The van der Waals surface area contributed by atoms with Gasteiger partial charge in [-0.3, -0.25) is 9.59 Å². The van der Waals surface area contributed by atoms with Crippen LogP contribution in [-0.2, 0) is 16.1 Å². The van der Waals surface area contributed by atoms with E-state index in [2.05, 4.69) is 34.0 Å². The topological polar surface area (TPSA) is 58.6 Å². The van der Waals surface area contributed by atoms with Crippen LogP contribution in [0.15, 0.2) is 47.4 Å². The number of carbonyl (C=O) groups excluding carboxylic acids is 2. The molecule has 0 spiro atoms. The number of rotatable bonds is 3. The van der Waals surface area contributed by atoms with Gasteiger partial charge >= 0.3 is 0 Å². The van der Waals surface area contributed by atoms with Gasteiger partial charge in [-0.15, -0.1) is 0 Å². The predicted molar refractivity (Wildman–Crippen MR) is 119 cm³/mol. The fourth-order valence-corrected chi connectivity index (χ4v) is 4.52. The minimum absolute atomic E-state index is 0.0177. The second-order valence-corrected chi connectivity index (χ2v) is 8.94. The maximum atomic E-state index is 12.5. The van der Waals surface area contributed by atoms with E-state index in [9.17, 15) is 9.59 Å². The van der Waals surface area contributed by atoms with Crippen LogP contribution in [0.2, 0.25) is 0 Å². The molecule has 0 unspecified atom stereocenters. The van der Waals surface area contributed by atoms with Gasteiger partial charge in [-0.25, -0.2) is 0 Å². The summed E-state index contributed by atoms with van der Waals surface area (Å²) in [4.78, 5) is 26.6. The Balaban J connectivity index is 1.68. The highest BCUT2D eigenvalue weighted by atomic mass is 127. The Kier molecular flexibility index (Phi) is 5.20. The number of anilines is 1. The Bertz CT molecular complexity index is 1010. The standard InChI is InChI=1S/C19H13IN2O3S2/c20-13-3-1-2-12(6-13)9-22-14-7-11(4-5-15(14)25-10-17(22)23)8-16-18(24)21-19(26)27-16/h1-8H,9-10H2,(H,21,24,26). The molecule has 2 aromatic carbocycles. The third-order valence-electron chi connectivity index (χ3n) is 4.10. The van der Waals surface area contributed by atoms with E-state index in [1.54, 1.807) is 11.0 Å². The molecule has 4 rings (SSSR count). The number of ether oxygens (including phenoxy) is 1. The first-order chi connectivity index (χ1) is 13.0. The summed E-state index contributed by atoms with van der Waals surface area (Å²) in [5.74, 6) is 0.354. The van der Waals surface area contributed by atoms with Gasteiger partial charge < -0.3 is 15.0 Å². The van der Waals surface area contributed by atoms with Crippen molar-refractivity contribution in [3.63, 3.8) is 0 Å². The molecule has 2 aliphatic rings. The SMILES string of the molecule is O=C1NC(=S)SC1=Cc1ccc2c(c1)N(Cc1cccc(I)c1)C(=O)CO2. The predicted octanol–water partition coefficient (Wildman–Crippen LogP) is 3.71. The first kappa shape index (κ1) is 18.5. The molecule has 0 aliphatic carbocycles. The van der Waals surface area contributed by atoms with E-state index in [1.807, 2.05) is 36.4 Å². The zero-order valence-electron chi connectivity index (χ0n) is 13.9. The lowest BCUT2D eigenvalue weighted by atomic mass is 10.1. The number of fused-ring (bicyclic) bond motifs is 1. The maximum absolute atomic E-state index is 12.5. The van der Waals surface area contributed by atoms with Crippen molar-refractivity contribution >= 4 is 74.5 Å². The monoisotopic (exact) mass is 508 g/mol. The Labute approximate surface area is 179 Å². The van der Waals surface area contributed by atoms with Crippen molar-refractivity contribution in [3.8, 4) is 5.75 Å². The van der Waals surface area contributed by atoms with Crippen LogP contribution in [0.5, 0.6) is 5.75 Å². The summed E-state index contributed by atoms with van der Waals surface area (Å²) in [5, 5.41) is 2.60. The summed E-state index contributed by atoms with van der Waals surface area (Å²) in [5.41, 5.74) is 2.55. The number of benzene rings is 2. The molecule has 1 saturated heterocycles. The lowest BCUT2D eigenvalue weighted by molar-refractivity contribution is -0.121. The third kappa shape index (κ3) is 4.02. The number of hydrogen-bond acceptors (Lipinski definition) is 5. The summed E-state index contributed by atoms with van der Waals surface area (Å²) in [6.07, 6.45) is 1.77. The smallest absolute Gasteiger partial charge is 0.265 e. The zero-order valence-corrected chi connectivity index (χ0v) is 17.7. The molecule has 2 aliphatic heterocycles. The van der Waals surface area contributed by atoms with Gasteiger partial charge in [0.15, 0.2) is 6.61 Å². The first-order valence-electron chi connectivity index (χ1n) is 8.06. The van der Waals surface area contributed by atoms with Crippen LogP contribution in [0, 0.1) is 3.57 Å². The molecule has 8 heteroatoms. The lowest BCUT2D eigenvalue weighted by Gasteiger charge is -2.30.